The van der Waals surface area contributed by atoms with Crippen molar-refractivity contribution < 1.29 is 14.3 Å². The highest BCUT2D eigenvalue weighted by atomic mass is 16.5. The van der Waals surface area contributed by atoms with Crippen molar-refractivity contribution in [1.29, 1.82) is 0 Å². The van der Waals surface area contributed by atoms with Crippen molar-refractivity contribution in [3.05, 3.63) is 24.3 Å². The van der Waals surface area contributed by atoms with Gasteiger partial charge in [-0.05, 0) is 44.4 Å². The van der Waals surface area contributed by atoms with Crippen molar-refractivity contribution in [2.24, 2.45) is 0 Å². The Morgan fingerprint density at radius 3 is 2.57 bits per heavy atom. The van der Waals surface area contributed by atoms with Crippen molar-refractivity contribution in [3.8, 4) is 5.75 Å². The Kier molecular flexibility index (Phi) is 6.77. The molecular weight excluding hydrogens is 380 g/mol. The van der Waals surface area contributed by atoms with Gasteiger partial charge in [0.2, 0.25) is 0 Å². The second-order valence-corrected chi connectivity index (χ2v) is 8.48. The SMILES string of the molecule is CCCCOc1ccccc1N1CCN(CCCN2C(=O)[C@@H]3CCCN3C2=O)CC1. The summed E-state index contributed by atoms with van der Waals surface area (Å²) in [5.74, 6) is 0.994. The lowest BCUT2D eigenvalue weighted by atomic mass is 10.2. The van der Waals surface area contributed by atoms with Crippen LogP contribution in [0.5, 0.6) is 5.75 Å². The molecule has 0 bridgehead atoms. The number of ether oxygens (including phenoxy) is 1. The smallest absolute Gasteiger partial charge is 0.327 e. The lowest BCUT2D eigenvalue weighted by Gasteiger charge is -2.36. The molecule has 7 heteroatoms. The van der Waals surface area contributed by atoms with Gasteiger partial charge in [-0.1, -0.05) is 25.5 Å². The number of unbranched alkanes of at least 4 members (excludes halogenated alkanes) is 1. The molecule has 1 atom stereocenters. The van der Waals surface area contributed by atoms with Crippen molar-refractivity contribution in [2.45, 2.75) is 45.1 Å². The van der Waals surface area contributed by atoms with Gasteiger partial charge >= 0.3 is 6.03 Å². The second kappa shape index (κ2) is 9.69. The first-order valence-corrected chi connectivity index (χ1v) is 11.5. The van der Waals surface area contributed by atoms with Crippen molar-refractivity contribution in [1.82, 2.24) is 14.7 Å². The largest absolute Gasteiger partial charge is 0.491 e. The van der Waals surface area contributed by atoms with Crippen LogP contribution in [0.3, 0.4) is 0 Å². The molecule has 0 aromatic heterocycles. The lowest BCUT2D eigenvalue weighted by Crippen LogP contribution is -2.47. The average molecular weight is 415 g/mol. The Morgan fingerprint density at radius 2 is 1.80 bits per heavy atom. The summed E-state index contributed by atoms with van der Waals surface area (Å²) < 4.78 is 6.00. The molecule has 3 saturated heterocycles. The van der Waals surface area contributed by atoms with E-state index in [1.54, 1.807) is 4.90 Å². The summed E-state index contributed by atoms with van der Waals surface area (Å²) >= 11 is 0. The number of fused-ring (bicyclic) bond motifs is 1. The lowest BCUT2D eigenvalue weighted by molar-refractivity contribution is -0.128. The Hall–Kier alpha value is -2.28. The fourth-order valence-electron chi connectivity index (χ4n) is 4.72. The van der Waals surface area contributed by atoms with Crippen LogP contribution in [0, 0.1) is 0 Å². The summed E-state index contributed by atoms with van der Waals surface area (Å²) in [7, 11) is 0. The fraction of sp³-hybridized carbons (Fsp3) is 0.652. The molecule has 1 aromatic carbocycles. The van der Waals surface area contributed by atoms with E-state index in [-0.39, 0.29) is 18.0 Å². The minimum Gasteiger partial charge on any atom is -0.491 e. The standard InChI is InChI=1S/C23H34N4O3/c1-2-3-18-30-21-10-5-4-8-19(21)25-16-14-24(15-17-25)11-7-13-27-22(28)20-9-6-12-26(20)23(27)29/h4-5,8,10,20H,2-3,6-7,9,11-18H2,1H3/t20-/m0/s1. The molecule has 0 saturated carbocycles. The van der Waals surface area contributed by atoms with E-state index in [9.17, 15) is 9.59 Å². The molecule has 4 rings (SSSR count). The number of urea groups is 1. The summed E-state index contributed by atoms with van der Waals surface area (Å²) in [5.41, 5.74) is 1.18. The fourth-order valence-corrected chi connectivity index (χ4v) is 4.72. The first kappa shape index (κ1) is 21.0. The predicted molar refractivity (Wildman–Crippen MR) is 117 cm³/mol. The molecule has 3 amide bonds. The molecule has 0 N–H and O–H groups in total. The van der Waals surface area contributed by atoms with Gasteiger partial charge in [-0.3, -0.25) is 14.6 Å². The molecular formula is C23H34N4O3. The third-order valence-corrected chi connectivity index (χ3v) is 6.47. The van der Waals surface area contributed by atoms with E-state index >= 15 is 0 Å². The highest BCUT2D eigenvalue weighted by molar-refractivity contribution is 6.04. The summed E-state index contributed by atoms with van der Waals surface area (Å²) in [5, 5.41) is 0. The van der Waals surface area contributed by atoms with E-state index in [1.165, 1.54) is 10.6 Å². The van der Waals surface area contributed by atoms with Crippen LogP contribution >= 0.6 is 0 Å². The maximum atomic E-state index is 12.4. The Balaban J connectivity index is 1.22. The zero-order chi connectivity index (χ0) is 20.9. The average Bonchev–Trinajstić information content (AvgIpc) is 3.34. The molecule has 3 aliphatic rings. The first-order valence-electron chi connectivity index (χ1n) is 11.5. The monoisotopic (exact) mass is 414 g/mol. The summed E-state index contributed by atoms with van der Waals surface area (Å²) in [6.07, 6.45) is 4.82. The number of para-hydroxylation sites is 2. The number of hydrogen-bond donors (Lipinski definition) is 0. The maximum Gasteiger partial charge on any atom is 0.327 e. The van der Waals surface area contributed by atoms with Crippen LogP contribution in [0.25, 0.3) is 0 Å². The Morgan fingerprint density at radius 1 is 1.00 bits per heavy atom. The van der Waals surface area contributed by atoms with Gasteiger partial charge in [0.05, 0.1) is 12.3 Å². The van der Waals surface area contributed by atoms with Crippen molar-refractivity contribution in [3.63, 3.8) is 0 Å². The predicted octanol–water partition coefficient (Wildman–Crippen LogP) is 2.80. The molecule has 1 aromatic rings. The zero-order valence-electron chi connectivity index (χ0n) is 18.1. The molecule has 164 valence electrons. The van der Waals surface area contributed by atoms with E-state index in [2.05, 4.69) is 34.9 Å². The maximum absolute atomic E-state index is 12.4. The van der Waals surface area contributed by atoms with Crippen LogP contribution in [0.1, 0.15) is 39.0 Å². The molecule has 0 unspecified atom stereocenters. The van der Waals surface area contributed by atoms with Gasteiger partial charge in [-0.15, -0.1) is 0 Å². The normalized spacial score (nSPS) is 22.2. The van der Waals surface area contributed by atoms with Gasteiger partial charge in [0.25, 0.3) is 5.91 Å². The van der Waals surface area contributed by atoms with E-state index in [1.807, 2.05) is 6.07 Å². The molecule has 3 fully saturated rings. The number of carbonyl (C=O) groups is 2. The van der Waals surface area contributed by atoms with Crippen molar-refractivity contribution in [2.75, 3.05) is 57.3 Å². The van der Waals surface area contributed by atoms with Crippen LogP contribution in [-0.2, 0) is 4.79 Å². The van der Waals surface area contributed by atoms with Crippen molar-refractivity contribution >= 4 is 17.6 Å². The number of nitrogens with zero attached hydrogens (tertiary/aromatic N) is 4. The topological polar surface area (TPSA) is 56.3 Å². The minimum absolute atomic E-state index is 0.0157. The van der Waals surface area contributed by atoms with Crippen LogP contribution in [0.2, 0.25) is 0 Å². The van der Waals surface area contributed by atoms with E-state index < -0.39 is 0 Å². The second-order valence-electron chi connectivity index (χ2n) is 8.48. The van der Waals surface area contributed by atoms with Gasteiger partial charge in [0.1, 0.15) is 11.8 Å². The number of anilines is 1. The third kappa shape index (κ3) is 4.41. The van der Waals surface area contributed by atoms with Crippen LogP contribution in [0.15, 0.2) is 24.3 Å². The Labute approximate surface area is 179 Å². The number of amides is 3. The number of hydrogen-bond acceptors (Lipinski definition) is 5. The molecule has 0 radical (unpaired) electrons. The van der Waals surface area contributed by atoms with E-state index in [4.69, 9.17) is 4.74 Å². The zero-order valence-corrected chi connectivity index (χ0v) is 18.1. The number of piperazine rings is 1. The third-order valence-electron chi connectivity index (χ3n) is 6.47. The molecule has 7 nitrogen and oxygen atoms in total. The minimum atomic E-state index is -0.180. The number of rotatable bonds is 9. The molecule has 3 aliphatic heterocycles. The van der Waals surface area contributed by atoms with E-state index in [0.29, 0.717) is 6.54 Å². The van der Waals surface area contributed by atoms with Crippen LogP contribution in [0.4, 0.5) is 10.5 Å². The van der Waals surface area contributed by atoms with Crippen LogP contribution in [-0.4, -0.2) is 85.1 Å². The van der Waals surface area contributed by atoms with Gasteiger partial charge < -0.3 is 14.5 Å². The van der Waals surface area contributed by atoms with E-state index in [0.717, 1.165) is 83.7 Å². The molecule has 30 heavy (non-hydrogen) atoms. The number of benzene rings is 1. The van der Waals surface area contributed by atoms with Crippen LogP contribution < -0.4 is 9.64 Å². The van der Waals surface area contributed by atoms with Gasteiger partial charge in [0.15, 0.2) is 0 Å². The molecule has 0 spiro atoms. The summed E-state index contributed by atoms with van der Waals surface area (Å²) in [6.45, 7) is 9.03. The number of carbonyl (C=O) groups excluding carboxylic acids is 2. The van der Waals surface area contributed by atoms with Gasteiger partial charge in [-0.2, -0.15) is 0 Å². The number of imide groups is 1. The van der Waals surface area contributed by atoms with Gasteiger partial charge in [-0.25, -0.2) is 4.79 Å². The van der Waals surface area contributed by atoms with Gasteiger partial charge in [0, 0.05) is 39.3 Å². The highest BCUT2D eigenvalue weighted by Gasteiger charge is 2.46. The molecule has 3 heterocycles. The first-order chi connectivity index (χ1) is 14.7. The molecule has 0 aliphatic carbocycles. The Bertz CT molecular complexity index is 726. The quantitative estimate of drug-likeness (QED) is 0.459. The highest BCUT2D eigenvalue weighted by Crippen LogP contribution is 2.29. The summed E-state index contributed by atoms with van der Waals surface area (Å²) in [4.78, 5) is 32.9. The summed E-state index contributed by atoms with van der Waals surface area (Å²) in [6, 6.07) is 8.06.